The number of hydrogen-bond acceptors (Lipinski definition) is 4. The number of rotatable bonds is 5. The van der Waals surface area contributed by atoms with Crippen LogP contribution in [0.2, 0.25) is 0 Å². The summed E-state index contributed by atoms with van der Waals surface area (Å²) >= 11 is 1.59. The number of likely N-dealkylation sites (tertiary alicyclic amines) is 1. The van der Waals surface area contributed by atoms with Crippen molar-refractivity contribution in [3.05, 3.63) is 52.2 Å². The third-order valence-corrected chi connectivity index (χ3v) is 5.65. The number of carbonyl (C=O) groups is 1. The van der Waals surface area contributed by atoms with Crippen molar-refractivity contribution in [1.29, 1.82) is 0 Å². The molecule has 1 N–H and O–H groups in total. The Morgan fingerprint density at radius 1 is 1.29 bits per heavy atom. The Labute approximate surface area is 146 Å². The lowest BCUT2D eigenvalue weighted by Gasteiger charge is -2.34. The summed E-state index contributed by atoms with van der Waals surface area (Å²) in [6.45, 7) is 1.42. The van der Waals surface area contributed by atoms with Crippen molar-refractivity contribution < 1.29 is 14.6 Å². The van der Waals surface area contributed by atoms with Crippen LogP contribution in [0.1, 0.15) is 29.4 Å². The third kappa shape index (κ3) is 3.79. The maximum Gasteiger partial charge on any atom is 0.227 e. The van der Waals surface area contributed by atoms with Crippen molar-refractivity contribution in [2.24, 2.45) is 5.92 Å². The van der Waals surface area contributed by atoms with Crippen LogP contribution < -0.4 is 4.74 Å². The third-order valence-electron chi connectivity index (χ3n) is 4.71. The highest BCUT2D eigenvalue weighted by Crippen LogP contribution is 2.33. The van der Waals surface area contributed by atoms with Crippen LogP contribution in [0.25, 0.3) is 0 Å². The molecule has 24 heavy (non-hydrogen) atoms. The number of carbonyl (C=O) groups excluding carboxylic acids is 1. The normalized spacial score (nSPS) is 16.8. The predicted octanol–water partition coefficient (Wildman–Crippen LogP) is 3.27. The molecule has 0 saturated carbocycles. The van der Waals surface area contributed by atoms with Crippen LogP contribution in [0.5, 0.6) is 5.75 Å². The van der Waals surface area contributed by atoms with Crippen LogP contribution in [-0.4, -0.2) is 36.1 Å². The van der Waals surface area contributed by atoms with Gasteiger partial charge in [-0.15, -0.1) is 11.3 Å². The number of aliphatic hydroxyl groups excluding tert-OH is 1. The molecule has 3 rings (SSSR count). The lowest BCUT2D eigenvalue weighted by molar-refractivity contribution is -0.132. The van der Waals surface area contributed by atoms with Crippen LogP contribution in [0, 0.1) is 5.92 Å². The van der Waals surface area contributed by atoms with E-state index in [0.717, 1.165) is 29.0 Å². The molecule has 1 aromatic carbocycles. The number of thiophene rings is 1. The molecule has 0 aliphatic carbocycles. The van der Waals surface area contributed by atoms with Crippen molar-refractivity contribution in [3.63, 3.8) is 0 Å². The zero-order chi connectivity index (χ0) is 16.9. The molecule has 4 nitrogen and oxygen atoms in total. The van der Waals surface area contributed by atoms with E-state index in [0.29, 0.717) is 19.5 Å². The smallest absolute Gasteiger partial charge is 0.227 e. The number of para-hydroxylation sites is 1. The Balaban J connectivity index is 1.55. The Bertz CT molecular complexity index is 663. The van der Waals surface area contributed by atoms with E-state index in [9.17, 15) is 9.90 Å². The summed E-state index contributed by atoms with van der Waals surface area (Å²) in [7, 11) is 1.63. The molecule has 1 saturated heterocycles. The maximum absolute atomic E-state index is 12.6. The molecular weight excluding hydrogens is 322 g/mol. The minimum Gasteiger partial charge on any atom is -0.496 e. The molecule has 1 aliphatic rings. The molecule has 128 valence electrons. The first-order chi connectivity index (χ1) is 11.7. The Hall–Kier alpha value is -1.85. The number of amides is 1. The summed E-state index contributed by atoms with van der Waals surface area (Å²) in [5, 5.41) is 12.4. The van der Waals surface area contributed by atoms with Crippen molar-refractivity contribution in [2.45, 2.75) is 25.4 Å². The fourth-order valence-electron chi connectivity index (χ4n) is 3.28. The van der Waals surface area contributed by atoms with E-state index in [1.807, 2.05) is 46.7 Å². The lowest BCUT2D eigenvalue weighted by Crippen LogP contribution is -2.40. The molecule has 2 aromatic rings. The van der Waals surface area contributed by atoms with E-state index in [1.54, 1.807) is 18.4 Å². The molecule has 1 unspecified atom stereocenters. The summed E-state index contributed by atoms with van der Waals surface area (Å²) in [4.78, 5) is 15.5. The Kier molecular flexibility index (Phi) is 5.53. The average molecular weight is 345 g/mol. The first-order valence-corrected chi connectivity index (χ1v) is 9.18. The molecule has 2 heterocycles. The fraction of sp³-hybridized carbons (Fsp3) is 0.421. The SMILES string of the molecule is COc1ccccc1CC(=O)N1CCC(C(O)c2cccs2)CC1. The van der Waals surface area contributed by atoms with Crippen molar-refractivity contribution in [1.82, 2.24) is 4.90 Å². The average Bonchev–Trinajstić information content (AvgIpc) is 3.16. The second-order valence-electron chi connectivity index (χ2n) is 6.17. The van der Waals surface area contributed by atoms with E-state index in [-0.39, 0.29) is 11.8 Å². The quantitative estimate of drug-likeness (QED) is 0.905. The second-order valence-corrected chi connectivity index (χ2v) is 7.15. The summed E-state index contributed by atoms with van der Waals surface area (Å²) < 4.78 is 5.32. The number of aliphatic hydroxyl groups is 1. The summed E-state index contributed by atoms with van der Waals surface area (Å²) in [5.41, 5.74) is 0.922. The molecule has 1 aliphatic heterocycles. The number of nitrogens with zero attached hydrogens (tertiary/aromatic N) is 1. The fourth-order valence-corrected chi connectivity index (χ4v) is 4.08. The van der Waals surface area contributed by atoms with Gasteiger partial charge in [0.1, 0.15) is 5.75 Å². The van der Waals surface area contributed by atoms with Crippen molar-refractivity contribution in [2.75, 3.05) is 20.2 Å². The highest BCUT2D eigenvalue weighted by Gasteiger charge is 2.28. The van der Waals surface area contributed by atoms with Crippen LogP contribution in [-0.2, 0) is 11.2 Å². The summed E-state index contributed by atoms with van der Waals surface area (Å²) in [6, 6.07) is 11.6. The van der Waals surface area contributed by atoms with Gasteiger partial charge in [-0.05, 0) is 36.3 Å². The molecule has 0 radical (unpaired) electrons. The Morgan fingerprint density at radius 3 is 2.71 bits per heavy atom. The van der Waals surface area contributed by atoms with E-state index < -0.39 is 6.10 Å². The topological polar surface area (TPSA) is 49.8 Å². The lowest BCUT2D eigenvalue weighted by atomic mass is 9.90. The van der Waals surface area contributed by atoms with Crippen LogP contribution in [0.15, 0.2) is 41.8 Å². The van der Waals surface area contributed by atoms with Gasteiger partial charge < -0.3 is 14.7 Å². The number of methoxy groups -OCH3 is 1. The van der Waals surface area contributed by atoms with Gasteiger partial charge in [-0.1, -0.05) is 24.3 Å². The molecular formula is C19H23NO3S. The van der Waals surface area contributed by atoms with Crippen LogP contribution in [0.3, 0.4) is 0 Å². The van der Waals surface area contributed by atoms with Gasteiger partial charge in [0.2, 0.25) is 5.91 Å². The highest BCUT2D eigenvalue weighted by molar-refractivity contribution is 7.10. The zero-order valence-electron chi connectivity index (χ0n) is 13.9. The van der Waals surface area contributed by atoms with Crippen LogP contribution >= 0.6 is 11.3 Å². The Morgan fingerprint density at radius 2 is 2.04 bits per heavy atom. The van der Waals surface area contributed by atoms with Crippen molar-refractivity contribution >= 4 is 17.2 Å². The van der Waals surface area contributed by atoms with Crippen molar-refractivity contribution in [3.8, 4) is 5.75 Å². The van der Waals surface area contributed by atoms with Gasteiger partial charge >= 0.3 is 0 Å². The standard InChI is InChI=1S/C19H23NO3S/c1-23-16-6-3-2-5-15(16)13-18(21)20-10-8-14(9-11-20)19(22)17-7-4-12-24-17/h2-7,12,14,19,22H,8-11,13H2,1H3. The molecule has 1 atom stereocenters. The van der Waals surface area contributed by atoms with Gasteiger partial charge in [-0.2, -0.15) is 0 Å². The first kappa shape index (κ1) is 17.0. The molecule has 1 aromatic heterocycles. The number of benzene rings is 1. The van der Waals surface area contributed by atoms with E-state index in [1.165, 1.54) is 0 Å². The van der Waals surface area contributed by atoms with Gasteiger partial charge in [0, 0.05) is 23.5 Å². The van der Waals surface area contributed by atoms with E-state index in [2.05, 4.69) is 0 Å². The molecule has 1 amide bonds. The highest BCUT2D eigenvalue weighted by atomic mass is 32.1. The van der Waals surface area contributed by atoms with Gasteiger partial charge in [-0.3, -0.25) is 4.79 Å². The number of hydrogen-bond donors (Lipinski definition) is 1. The largest absolute Gasteiger partial charge is 0.496 e. The van der Waals surface area contributed by atoms with E-state index >= 15 is 0 Å². The zero-order valence-corrected chi connectivity index (χ0v) is 14.7. The molecule has 5 heteroatoms. The number of ether oxygens (including phenoxy) is 1. The maximum atomic E-state index is 12.6. The molecule has 0 bridgehead atoms. The molecule has 1 fully saturated rings. The van der Waals surface area contributed by atoms with Crippen LogP contribution in [0.4, 0.5) is 0 Å². The molecule has 0 spiro atoms. The monoisotopic (exact) mass is 345 g/mol. The van der Waals surface area contributed by atoms with Gasteiger partial charge in [0.15, 0.2) is 0 Å². The summed E-state index contributed by atoms with van der Waals surface area (Å²) in [5.74, 6) is 1.12. The predicted molar refractivity (Wildman–Crippen MR) is 95.3 cm³/mol. The van der Waals surface area contributed by atoms with Gasteiger partial charge in [0.25, 0.3) is 0 Å². The minimum atomic E-state index is -0.406. The van der Waals surface area contributed by atoms with Gasteiger partial charge in [-0.25, -0.2) is 0 Å². The summed E-state index contributed by atoms with van der Waals surface area (Å²) in [6.07, 6.45) is 1.65. The first-order valence-electron chi connectivity index (χ1n) is 8.30. The minimum absolute atomic E-state index is 0.128. The van der Waals surface area contributed by atoms with Gasteiger partial charge in [0.05, 0.1) is 19.6 Å². The second kappa shape index (κ2) is 7.81. The van der Waals surface area contributed by atoms with E-state index in [4.69, 9.17) is 4.74 Å². The number of piperidine rings is 1.